The first-order valence-corrected chi connectivity index (χ1v) is 11.3. The number of Topliss-reactive ketones (excluding diaryl/α,β-unsaturated/α-hetero) is 1. The van der Waals surface area contributed by atoms with Gasteiger partial charge < -0.3 is 19.8 Å². The highest BCUT2D eigenvalue weighted by molar-refractivity contribution is 7.17. The second kappa shape index (κ2) is 9.35. The zero-order valence-electron chi connectivity index (χ0n) is 17.9. The van der Waals surface area contributed by atoms with Crippen LogP contribution < -0.4 is 0 Å². The van der Waals surface area contributed by atoms with Gasteiger partial charge in [-0.1, -0.05) is 48.0 Å². The minimum absolute atomic E-state index is 0.0516. The molecule has 9 heteroatoms. The van der Waals surface area contributed by atoms with Gasteiger partial charge in [-0.3, -0.25) is 9.59 Å². The minimum atomic E-state index is -0.889. The van der Waals surface area contributed by atoms with Gasteiger partial charge in [0.25, 0.3) is 5.91 Å². The number of aliphatic hydroxyl groups is 1. The van der Waals surface area contributed by atoms with Gasteiger partial charge in [0.2, 0.25) is 5.78 Å². The molecule has 1 unspecified atom stereocenters. The molecule has 170 valence electrons. The average Bonchev–Trinajstić information content (AvgIpc) is 3.32. The van der Waals surface area contributed by atoms with Crippen LogP contribution in [0.4, 0.5) is 0 Å². The van der Waals surface area contributed by atoms with Crippen LogP contribution in [0.1, 0.15) is 27.0 Å². The quantitative estimate of drug-likeness (QED) is 0.471. The summed E-state index contributed by atoms with van der Waals surface area (Å²) in [4.78, 5) is 32.8. The number of nitrogens with zero attached hydrogens (tertiary/aromatic N) is 2. The number of aryl methyl sites for hydroxylation is 1. The topological polar surface area (TPSA) is 100.0 Å². The molecule has 1 aliphatic rings. The molecule has 2 aromatic carbocycles. The van der Waals surface area contributed by atoms with Crippen molar-refractivity contribution in [2.24, 2.45) is 0 Å². The fourth-order valence-electron chi connectivity index (χ4n) is 3.78. The molecule has 7 nitrogen and oxygen atoms in total. The van der Waals surface area contributed by atoms with E-state index in [2.05, 4.69) is 4.98 Å². The molecular formula is C24H21ClN2O5S. The highest BCUT2D eigenvalue weighted by atomic mass is 35.5. The normalized spacial score (nSPS) is 16.0. The number of carbonyl (C=O) groups excluding carboxylic acids is 2. The van der Waals surface area contributed by atoms with Crippen molar-refractivity contribution in [3.8, 4) is 16.3 Å². The van der Waals surface area contributed by atoms with Crippen molar-refractivity contribution in [2.75, 3.05) is 20.3 Å². The SMILES string of the molecule is COCCN1C(=O)C(O)=C(C(=O)c2sc(-c3ccccc3)nc2C)C1c1ccc(O)c(Cl)c1. The van der Waals surface area contributed by atoms with Crippen LogP contribution in [0.15, 0.2) is 59.9 Å². The van der Waals surface area contributed by atoms with E-state index in [0.29, 0.717) is 21.1 Å². The molecule has 2 heterocycles. The summed E-state index contributed by atoms with van der Waals surface area (Å²) in [6, 6.07) is 13.0. The Bertz CT molecular complexity index is 1250. The van der Waals surface area contributed by atoms with Crippen LogP contribution in [0.25, 0.3) is 10.6 Å². The molecule has 0 saturated heterocycles. The van der Waals surface area contributed by atoms with Gasteiger partial charge in [-0.2, -0.15) is 0 Å². The van der Waals surface area contributed by atoms with Crippen molar-refractivity contribution in [1.29, 1.82) is 0 Å². The number of aromatic nitrogens is 1. The maximum Gasteiger partial charge on any atom is 0.290 e. The van der Waals surface area contributed by atoms with Crippen LogP contribution in [-0.2, 0) is 9.53 Å². The lowest BCUT2D eigenvalue weighted by Crippen LogP contribution is -2.34. The van der Waals surface area contributed by atoms with Crippen LogP contribution >= 0.6 is 22.9 Å². The standard InChI is InChI=1S/C24H21ClN2O5S/c1-13-22(33-23(26-13)14-6-4-3-5-7-14)20(29)18-19(15-8-9-17(28)16(25)12-15)27(10-11-32-2)24(31)21(18)30/h3-9,12,19,28,30H,10-11H2,1-2H3. The van der Waals surface area contributed by atoms with Gasteiger partial charge in [-0.05, 0) is 24.6 Å². The van der Waals surface area contributed by atoms with Gasteiger partial charge >= 0.3 is 0 Å². The molecule has 1 aromatic heterocycles. The zero-order valence-corrected chi connectivity index (χ0v) is 19.5. The number of rotatable bonds is 7. The van der Waals surface area contributed by atoms with Crippen LogP contribution in [0.2, 0.25) is 5.02 Å². The molecule has 0 radical (unpaired) electrons. The lowest BCUT2D eigenvalue weighted by atomic mass is 9.95. The number of phenols is 1. The molecule has 1 amide bonds. The number of hydrogen-bond acceptors (Lipinski definition) is 7. The number of benzene rings is 2. The zero-order chi connectivity index (χ0) is 23.7. The molecule has 1 atom stereocenters. The van der Waals surface area contributed by atoms with E-state index >= 15 is 0 Å². The Hall–Kier alpha value is -3.20. The van der Waals surface area contributed by atoms with Gasteiger partial charge in [0.1, 0.15) is 10.8 Å². The summed E-state index contributed by atoms with van der Waals surface area (Å²) in [5.41, 5.74) is 1.81. The summed E-state index contributed by atoms with van der Waals surface area (Å²) in [5, 5.41) is 21.3. The smallest absolute Gasteiger partial charge is 0.290 e. The Balaban J connectivity index is 1.79. The van der Waals surface area contributed by atoms with Crippen molar-refractivity contribution in [3.63, 3.8) is 0 Å². The van der Waals surface area contributed by atoms with Crippen LogP contribution in [0.5, 0.6) is 5.75 Å². The Morgan fingerprint density at radius 2 is 1.94 bits per heavy atom. The van der Waals surface area contributed by atoms with Gasteiger partial charge in [0.15, 0.2) is 5.76 Å². The fraction of sp³-hybridized carbons (Fsp3) is 0.208. The molecule has 1 aliphatic heterocycles. The predicted octanol–water partition coefficient (Wildman–Crippen LogP) is 4.70. The third kappa shape index (κ3) is 4.25. The number of hydrogen-bond donors (Lipinski definition) is 2. The van der Waals surface area contributed by atoms with E-state index in [1.54, 1.807) is 13.0 Å². The van der Waals surface area contributed by atoms with E-state index < -0.39 is 23.5 Å². The molecule has 0 spiro atoms. The number of aliphatic hydroxyl groups excluding tert-OH is 1. The minimum Gasteiger partial charge on any atom is -0.506 e. The lowest BCUT2D eigenvalue weighted by Gasteiger charge is -2.26. The van der Waals surface area contributed by atoms with Crippen molar-refractivity contribution >= 4 is 34.6 Å². The Kier molecular flexibility index (Phi) is 6.51. The summed E-state index contributed by atoms with van der Waals surface area (Å²) in [6.07, 6.45) is 0. The van der Waals surface area contributed by atoms with Crippen LogP contribution in [0.3, 0.4) is 0 Å². The van der Waals surface area contributed by atoms with Gasteiger partial charge in [-0.15, -0.1) is 11.3 Å². The van der Waals surface area contributed by atoms with E-state index in [4.69, 9.17) is 16.3 Å². The Labute approximate surface area is 199 Å². The number of halogens is 1. The molecular weight excluding hydrogens is 464 g/mol. The van der Waals surface area contributed by atoms with E-state index in [1.165, 1.54) is 35.5 Å². The maximum absolute atomic E-state index is 13.7. The van der Waals surface area contributed by atoms with Gasteiger partial charge in [0, 0.05) is 19.2 Å². The average molecular weight is 485 g/mol. The molecule has 2 N–H and O–H groups in total. The second-order valence-corrected chi connectivity index (χ2v) is 8.90. The highest BCUT2D eigenvalue weighted by Crippen LogP contribution is 2.42. The number of carbonyl (C=O) groups is 2. The van der Waals surface area contributed by atoms with Crippen molar-refractivity contribution in [1.82, 2.24) is 9.88 Å². The number of phenolic OH excluding ortho intramolecular Hbond substituents is 1. The first-order valence-electron chi connectivity index (χ1n) is 10.1. The fourth-order valence-corrected chi connectivity index (χ4v) is 4.99. The third-order valence-electron chi connectivity index (χ3n) is 5.40. The molecule has 0 fully saturated rings. The summed E-state index contributed by atoms with van der Waals surface area (Å²) in [5.74, 6) is -1.89. The summed E-state index contributed by atoms with van der Waals surface area (Å²) < 4.78 is 5.11. The number of methoxy groups -OCH3 is 1. The molecule has 0 aliphatic carbocycles. The van der Waals surface area contributed by atoms with Crippen molar-refractivity contribution in [3.05, 3.63) is 81.0 Å². The molecule has 3 aromatic rings. The molecule has 0 saturated carbocycles. The van der Waals surface area contributed by atoms with Crippen molar-refractivity contribution < 1.29 is 24.5 Å². The monoisotopic (exact) mass is 484 g/mol. The largest absolute Gasteiger partial charge is 0.506 e. The first-order chi connectivity index (χ1) is 15.8. The van der Waals surface area contributed by atoms with E-state index in [1.807, 2.05) is 30.3 Å². The number of aromatic hydroxyl groups is 1. The number of ketones is 1. The summed E-state index contributed by atoms with van der Waals surface area (Å²) >= 11 is 7.31. The Morgan fingerprint density at radius 1 is 1.21 bits per heavy atom. The van der Waals surface area contributed by atoms with E-state index in [9.17, 15) is 19.8 Å². The number of amides is 1. The van der Waals surface area contributed by atoms with E-state index in [0.717, 1.165) is 5.56 Å². The Morgan fingerprint density at radius 3 is 2.61 bits per heavy atom. The second-order valence-electron chi connectivity index (χ2n) is 7.50. The third-order valence-corrected chi connectivity index (χ3v) is 6.90. The van der Waals surface area contributed by atoms with Crippen LogP contribution in [-0.4, -0.2) is 52.0 Å². The highest BCUT2D eigenvalue weighted by Gasteiger charge is 2.44. The number of ether oxygens (including phenoxy) is 1. The van der Waals surface area contributed by atoms with Crippen molar-refractivity contribution in [2.45, 2.75) is 13.0 Å². The van der Waals surface area contributed by atoms with Crippen LogP contribution in [0, 0.1) is 6.92 Å². The number of thiazole rings is 1. The maximum atomic E-state index is 13.7. The van der Waals surface area contributed by atoms with Gasteiger partial charge in [-0.25, -0.2) is 4.98 Å². The summed E-state index contributed by atoms with van der Waals surface area (Å²) in [6.45, 7) is 2.08. The summed E-state index contributed by atoms with van der Waals surface area (Å²) in [7, 11) is 1.50. The molecule has 33 heavy (non-hydrogen) atoms. The van der Waals surface area contributed by atoms with Gasteiger partial charge in [0.05, 0.1) is 33.8 Å². The first kappa shape index (κ1) is 23.0. The molecule has 4 rings (SSSR count). The van der Waals surface area contributed by atoms with E-state index in [-0.39, 0.29) is 29.5 Å². The lowest BCUT2D eigenvalue weighted by molar-refractivity contribution is -0.130. The molecule has 0 bridgehead atoms. The predicted molar refractivity (Wildman–Crippen MR) is 126 cm³/mol.